The second-order valence-corrected chi connectivity index (χ2v) is 3.10. The molecule has 0 bridgehead atoms. The summed E-state index contributed by atoms with van der Waals surface area (Å²) >= 11 is 4.80. The lowest BCUT2D eigenvalue weighted by atomic mass is 10.3. The fraction of sp³-hybridized carbons (Fsp3) is 0.125. The smallest absolute Gasteiger partial charge is 0.185 e. The van der Waals surface area contributed by atoms with Gasteiger partial charge in [0.15, 0.2) is 0 Å². The first-order valence-electron chi connectivity index (χ1n) is 4.08. The monoisotopic (exact) mass is 228 g/mol. The van der Waals surface area contributed by atoms with Crippen molar-refractivity contribution in [2.75, 3.05) is 0 Å². The Bertz CT molecular complexity index is 505. The van der Waals surface area contributed by atoms with E-state index in [2.05, 4.69) is 10.4 Å². The molecule has 0 atom stereocenters. The maximum absolute atomic E-state index is 12.3. The van der Waals surface area contributed by atoms with Gasteiger partial charge in [0.1, 0.15) is 0 Å². The first-order valence-corrected chi connectivity index (χ1v) is 4.49. The van der Waals surface area contributed by atoms with Gasteiger partial charge in [0.05, 0.1) is 5.69 Å². The summed E-state index contributed by atoms with van der Waals surface area (Å²) in [5.41, 5.74) is 0.606. The van der Waals surface area contributed by atoms with Crippen LogP contribution in [0.15, 0.2) is 30.3 Å². The van der Waals surface area contributed by atoms with Crippen LogP contribution in [0, 0.1) is 4.77 Å². The molecular formula is C8H6F2N4S. The van der Waals surface area contributed by atoms with Crippen molar-refractivity contribution in [1.29, 1.82) is 0 Å². The molecule has 0 aliphatic heterocycles. The van der Waals surface area contributed by atoms with Crippen LogP contribution < -0.4 is 0 Å². The first-order chi connectivity index (χ1) is 7.20. The molecule has 0 saturated heterocycles. The van der Waals surface area contributed by atoms with Gasteiger partial charge < -0.3 is 0 Å². The van der Waals surface area contributed by atoms with Crippen molar-refractivity contribution in [3.8, 4) is 5.69 Å². The van der Waals surface area contributed by atoms with E-state index in [1.807, 2.05) is 6.07 Å². The fourth-order valence-corrected chi connectivity index (χ4v) is 1.37. The molecule has 1 aromatic carbocycles. The number of benzene rings is 1. The summed E-state index contributed by atoms with van der Waals surface area (Å²) in [6.45, 7) is -2.77. The SMILES string of the molecule is FC(F)n1nnn(-c2ccccc2)c1=S. The molecule has 2 aromatic rings. The zero-order chi connectivity index (χ0) is 10.8. The Hall–Kier alpha value is -1.63. The van der Waals surface area contributed by atoms with E-state index in [0.717, 1.165) is 0 Å². The zero-order valence-corrected chi connectivity index (χ0v) is 8.23. The third-order valence-corrected chi connectivity index (χ3v) is 2.15. The highest BCUT2D eigenvalue weighted by molar-refractivity contribution is 7.71. The van der Waals surface area contributed by atoms with E-state index >= 15 is 0 Å². The minimum Gasteiger partial charge on any atom is -0.185 e. The fourth-order valence-electron chi connectivity index (χ4n) is 1.11. The number of nitrogens with zero attached hydrogens (tertiary/aromatic N) is 4. The summed E-state index contributed by atoms with van der Waals surface area (Å²) in [6.07, 6.45) is 0. The molecule has 0 aliphatic rings. The van der Waals surface area contributed by atoms with Gasteiger partial charge in [-0.2, -0.15) is 18.1 Å². The quantitative estimate of drug-likeness (QED) is 0.739. The molecule has 0 saturated carbocycles. The van der Waals surface area contributed by atoms with E-state index in [1.54, 1.807) is 24.3 Å². The molecule has 0 radical (unpaired) electrons. The highest BCUT2D eigenvalue weighted by Crippen LogP contribution is 2.11. The second kappa shape index (κ2) is 3.85. The van der Waals surface area contributed by atoms with Crippen molar-refractivity contribution in [3.05, 3.63) is 35.1 Å². The van der Waals surface area contributed by atoms with Crippen molar-refractivity contribution < 1.29 is 8.78 Å². The summed E-state index contributed by atoms with van der Waals surface area (Å²) in [6, 6.07) is 8.75. The van der Waals surface area contributed by atoms with Gasteiger partial charge in [0.25, 0.3) is 0 Å². The Kier molecular flexibility index (Phi) is 2.55. The van der Waals surface area contributed by atoms with Gasteiger partial charge in [-0.25, -0.2) is 0 Å². The number of hydrogen-bond acceptors (Lipinski definition) is 3. The maximum Gasteiger partial charge on any atom is 0.337 e. The number of halogens is 2. The van der Waals surface area contributed by atoms with E-state index < -0.39 is 6.55 Å². The van der Waals surface area contributed by atoms with Gasteiger partial charge in [0.2, 0.25) is 4.77 Å². The van der Waals surface area contributed by atoms with E-state index in [9.17, 15) is 8.78 Å². The standard InChI is InChI=1S/C8H6F2N4S/c9-7(10)14-8(15)13(11-12-14)6-4-2-1-3-5-6/h1-5,7H. The highest BCUT2D eigenvalue weighted by atomic mass is 32.1. The van der Waals surface area contributed by atoms with E-state index in [-0.39, 0.29) is 4.77 Å². The summed E-state index contributed by atoms with van der Waals surface area (Å²) in [4.78, 5) is 0. The van der Waals surface area contributed by atoms with Crippen LogP contribution in [0.1, 0.15) is 6.55 Å². The molecule has 1 heterocycles. The molecule has 0 spiro atoms. The average Bonchev–Trinajstić information content (AvgIpc) is 2.61. The number of tetrazole rings is 1. The van der Waals surface area contributed by atoms with Crippen LogP contribution in [0.4, 0.5) is 8.78 Å². The van der Waals surface area contributed by atoms with Crippen molar-refractivity contribution in [2.45, 2.75) is 6.55 Å². The molecule has 2 rings (SSSR count). The minimum atomic E-state index is -2.77. The summed E-state index contributed by atoms with van der Waals surface area (Å²) < 4.78 is 26.1. The number of alkyl halides is 2. The lowest BCUT2D eigenvalue weighted by Crippen LogP contribution is -2.01. The molecule has 4 nitrogen and oxygen atoms in total. The molecule has 0 aliphatic carbocycles. The Morgan fingerprint density at radius 2 is 1.80 bits per heavy atom. The largest absolute Gasteiger partial charge is 0.337 e. The second-order valence-electron chi connectivity index (χ2n) is 2.73. The van der Waals surface area contributed by atoms with Crippen molar-refractivity contribution in [2.24, 2.45) is 0 Å². The van der Waals surface area contributed by atoms with Gasteiger partial charge in [-0.15, -0.1) is 0 Å². The van der Waals surface area contributed by atoms with Crippen molar-refractivity contribution in [3.63, 3.8) is 0 Å². The van der Waals surface area contributed by atoms with Crippen LogP contribution >= 0.6 is 12.2 Å². The average molecular weight is 228 g/mol. The summed E-state index contributed by atoms with van der Waals surface area (Å²) in [5, 5.41) is 6.82. The summed E-state index contributed by atoms with van der Waals surface area (Å²) in [5.74, 6) is 0. The normalized spacial score (nSPS) is 10.9. The molecule has 0 amide bonds. The number of hydrogen-bond donors (Lipinski definition) is 0. The molecular weight excluding hydrogens is 222 g/mol. The molecule has 15 heavy (non-hydrogen) atoms. The number of aromatic nitrogens is 4. The van der Waals surface area contributed by atoms with Gasteiger partial charge in [-0.05, 0) is 34.8 Å². The van der Waals surface area contributed by atoms with Crippen LogP contribution in [0.25, 0.3) is 5.69 Å². The lowest BCUT2D eigenvalue weighted by molar-refractivity contribution is 0.0529. The van der Waals surface area contributed by atoms with Crippen LogP contribution in [-0.2, 0) is 0 Å². The first kappa shape index (κ1) is 9.91. The van der Waals surface area contributed by atoms with Gasteiger partial charge in [-0.3, -0.25) is 0 Å². The third kappa shape index (κ3) is 1.78. The van der Waals surface area contributed by atoms with Gasteiger partial charge in [0, 0.05) is 0 Å². The van der Waals surface area contributed by atoms with E-state index in [0.29, 0.717) is 10.4 Å². The predicted molar refractivity (Wildman–Crippen MR) is 51.4 cm³/mol. The van der Waals surface area contributed by atoms with Crippen LogP contribution in [0.5, 0.6) is 0 Å². The molecule has 78 valence electrons. The predicted octanol–water partition coefficient (Wildman–Crippen LogP) is 2.19. The number of para-hydroxylation sites is 1. The molecule has 1 aromatic heterocycles. The van der Waals surface area contributed by atoms with Gasteiger partial charge in [-0.1, -0.05) is 18.2 Å². The van der Waals surface area contributed by atoms with E-state index in [4.69, 9.17) is 12.2 Å². The van der Waals surface area contributed by atoms with Crippen molar-refractivity contribution in [1.82, 2.24) is 19.8 Å². The molecule has 0 N–H and O–H groups in total. The van der Waals surface area contributed by atoms with Crippen LogP contribution in [-0.4, -0.2) is 19.8 Å². The van der Waals surface area contributed by atoms with E-state index in [1.165, 1.54) is 4.68 Å². The number of rotatable bonds is 2. The Morgan fingerprint density at radius 3 is 2.33 bits per heavy atom. The van der Waals surface area contributed by atoms with Gasteiger partial charge >= 0.3 is 6.55 Å². The summed E-state index contributed by atoms with van der Waals surface area (Å²) in [7, 11) is 0. The molecule has 7 heteroatoms. The van der Waals surface area contributed by atoms with Crippen LogP contribution in [0.3, 0.4) is 0 Å². The van der Waals surface area contributed by atoms with Crippen LogP contribution in [0.2, 0.25) is 0 Å². The Morgan fingerprint density at radius 1 is 1.13 bits per heavy atom. The zero-order valence-electron chi connectivity index (χ0n) is 7.42. The minimum absolute atomic E-state index is 0.129. The lowest BCUT2D eigenvalue weighted by Gasteiger charge is -1.98. The third-order valence-electron chi connectivity index (χ3n) is 1.79. The van der Waals surface area contributed by atoms with Crippen molar-refractivity contribution >= 4 is 12.2 Å². The Balaban J connectivity index is 2.52. The molecule has 0 fully saturated rings. The Labute approximate surface area is 88.7 Å². The highest BCUT2D eigenvalue weighted by Gasteiger charge is 2.12. The topological polar surface area (TPSA) is 35.6 Å². The molecule has 0 unspecified atom stereocenters. The maximum atomic E-state index is 12.3.